The number of aromatic nitrogens is 3. The first-order valence-corrected chi connectivity index (χ1v) is 6.90. The number of halogens is 1. The Hall–Kier alpha value is -3.28. The molecule has 0 bridgehead atoms. The van der Waals surface area contributed by atoms with Crippen molar-refractivity contribution in [2.24, 2.45) is 0 Å². The van der Waals surface area contributed by atoms with Crippen molar-refractivity contribution in [1.82, 2.24) is 14.8 Å². The van der Waals surface area contributed by atoms with Crippen molar-refractivity contribution in [1.29, 1.82) is 0 Å². The van der Waals surface area contributed by atoms with Crippen LogP contribution in [0.5, 0.6) is 0 Å². The van der Waals surface area contributed by atoms with Gasteiger partial charge in [0.25, 0.3) is 0 Å². The van der Waals surface area contributed by atoms with E-state index in [0.717, 1.165) is 11.3 Å². The highest BCUT2D eigenvalue weighted by atomic mass is 19.1. The molecule has 0 saturated carbocycles. The molecule has 0 spiro atoms. The molecule has 1 aromatic heterocycles. The molecule has 0 unspecified atom stereocenters. The smallest absolute Gasteiger partial charge is 0.248 e. The normalized spacial score (nSPS) is 10.8. The van der Waals surface area contributed by atoms with Crippen LogP contribution in [0.25, 0.3) is 11.8 Å². The molecule has 3 rings (SSSR count). The monoisotopic (exact) mass is 308 g/mol. The van der Waals surface area contributed by atoms with Crippen LogP contribution in [-0.2, 0) is 4.79 Å². The number of benzene rings is 2. The fraction of sp³-hybridized carbons (Fsp3) is 0. The van der Waals surface area contributed by atoms with E-state index in [0.29, 0.717) is 5.69 Å². The van der Waals surface area contributed by atoms with E-state index in [1.54, 1.807) is 41.4 Å². The van der Waals surface area contributed by atoms with E-state index in [4.69, 9.17) is 0 Å². The van der Waals surface area contributed by atoms with Crippen LogP contribution in [0.1, 0.15) is 5.56 Å². The maximum Gasteiger partial charge on any atom is 0.248 e. The van der Waals surface area contributed by atoms with Gasteiger partial charge in [0.15, 0.2) is 0 Å². The summed E-state index contributed by atoms with van der Waals surface area (Å²) in [7, 11) is 0. The lowest BCUT2D eigenvalue weighted by Gasteiger charge is -2.04. The van der Waals surface area contributed by atoms with Crippen LogP contribution in [0.3, 0.4) is 0 Å². The fourth-order valence-corrected chi connectivity index (χ4v) is 1.97. The molecule has 5 nitrogen and oxygen atoms in total. The molecule has 0 aliphatic heterocycles. The largest absolute Gasteiger partial charge is 0.323 e. The standard InChI is InChI=1S/C17H13FN4O/c18-14-4-1-13(2-5-14)3-10-17(23)21-15-6-8-16(9-7-15)22-12-19-11-20-22/h1-12H,(H,21,23)/b10-3+. The number of amides is 1. The van der Waals surface area contributed by atoms with Gasteiger partial charge in [-0.1, -0.05) is 12.1 Å². The Morgan fingerprint density at radius 2 is 1.83 bits per heavy atom. The third-order valence-electron chi connectivity index (χ3n) is 3.12. The van der Waals surface area contributed by atoms with E-state index in [9.17, 15) is 9.18 Å². The summed E-state index contributed by atoms with van der Waals surface area (Å²) < 4.78 is 14.4. The minimum atomic E-state index is -0.306. The second-order valence-electron chi connectivity index (χ2n) is 4.76. The predicted octanol–water partition coefficient (Wildman–Crippen LogP) is 3.06. The summed E-state index contributed by atoms with van der Waals surface area (Å²) in [5.74, 6) is -0.568. The fourth-order valence-electron chi connectivity index (χ4n) is 1.97. The Bertz CT molecular complexity index is 809. The molecule has 23 heavy (non-hydrogen) atoms. The Morgan fingerprint density at radius 1 is 1.09 bits per heavy atom. The van der Waals surface area contributed by atoms with Crippen molar-refractivity contribution in [3.05, 3.63) is 78.6 Å². The molecular formula is C17H13FN4O. The minimum absolute atomic E-state index is 0.261. The molecule has 0 saturated heterocycles. The first-order valence-electron chi connectivity index (χ1n) is 6.90. The lowest BCUT2D eigenvalue weighted by Crippen LogP contribution is -2.07. The van der Waals surface area contributed by atoms with Gasteiger partial charge in [0.05, 0.1) is 5.69 Å². The Labute approximate surface area is 132 Å². The second kappa shape index (κ2) is 6.65. The summed E-state index contributed by atoms with van der Waals surface area (Å²) in [5, 5.41) is 6.78. The van der Waals surface area contributed by atoms with Crippen molar-refractivity contribution in [3.63, 3.8) is 0 Å². The van der Waals surface area contributed by atoms with Gasteiger partial charge < -0.3 is 5.32 Å². The highest BCUT2D eigenvalue weighted by molar-refractivity contribution is 6.01. The summed E-state index contributed by atoms with van der Waals surface area (Å²) in [6.07, 6.45) is 6.08. The van der Waals surface area contributed by atoms with Crippen LogP contribution in [-0.4, -0.2) is 20.7 Å². The molecule has 1 amide bonds. The molecular weight excluding hydrogens is 295 g/mol. The first kappa shape index (κ1) is 14.6. The third-order valence-corrected chi connectivity index (χ3v) is 3.12. The number of carbonyl (C=O) groups is 1. The Morgan fingerprint density at radius 3 is 2.48 bits per heavy atom. The van der Waals surface area contributed by atoms with Gasteiger partial charge in [0.1, 0.15) is 18.5 Å². The highest BCUT2D eigenvalue weighted by Gasteiger charge is 2.00. The molecule has 2 aromatic carbocycles. The van der Waals surface area contributed by atoms with Gasteiger partial charge in [-0.3, -0.25) is 4.79 Å². The van der Waals surface area contributed by atoms with Gasteiger partial charge in [0, 0.05) is 11.8 Å². The first-order chi connectivity index (χ1) is 11.2. The number of nitrogens with zero attached hydrogens (tertiary/aromatic N) is 3. The van der Waals surface area contributed by atoms with Gasteiger partial charge in [-0.2, -0.15) is 5.10 Å². The summed E-state index contributed by atoms with van der Waals surface area (Å²) in [6, 6.07) is 13.1. The van der Waals surface area contributed by atoms with Crippen molar-refractivity contribution in [2.75, 3.05) is 5.32 Å². The van der Waals surface area contributed by atoms with Gasteiger partial charge in [0.2, 0.25) is 5.91 Å². The number of carbonyl (C=O) groups excluding carboxylic acids is 1. The van der Waals surface area contributed by atoms with Crippen LogP contribution in [0, 0.1) is 5.82 Å². The summed E-state index contributed by atoms with van der Waals surface area (Å²) in [6.45, 7) is 0. The maximum absolute atomic E-state index is 12.8. The summed E-state index contributed by atoms with van der Waals surface area (Å²) >= 11 is 0. The van der Waals surface area contributed by atoms with Crippen molar-refractivity contribution >= 4 is 17.7 Å². The molecule has 1 N–H and O–H groups in total. The Balaban J connectivity index is 1.62. The van der Waals surface area contributed by atoms with E-state index >= 15 is 0 Å². The van der Waals surface area contributed by atoms with Crippen LogP contribution in [0.4, 0.5) is 10.1 Å². The molecule has 0 fully saturated rings. The van der Waals surface area contributed by atoms with Gasteiger partial charge in [-0.05, 0) is 48.0 Å². The topological polar surface area (TPSA) is 59.8 Å². The molecule has 0 atom stereocenters. The zero-order valence-corrected chi connectivity index (χ0v) is 12.1. The molecule has 1 heterocycles. The van der Waals surface area contributed by atoms with Gasteiger partial charge in [-0.25, -0.2) is 14.1 Å². The van der Waals surface area contributed by atoms with Crippen molar-refractivity contribution in [2.45, 2.75) is 0 Å². The van der Waals surface area contributed by atoms with E-state index in [2.05, 4.69) is 15.4 Å². The molecule has 0 aliphatic rings. The van der Waals surface area contributed by atoms with E-state index in [-0.39, 0.29) is 11.7 Å². The van der Waals surface area contributed by atoms with Crippen molar-refractivity contribution < 1.29 is 9.18 Å². The zero-order valence-electron chi connectivity index (χ0n) is 12.1. The van der Waals surface area contributed by atoms with Crippen LogP contribution < -0.4 is 5.32 Å². The van der Waals surface area contributed by atoms with Gasteiger partial charge >= 0.3 is 0 Å². The lowest BCUT2D eigenvalue weighted by molar-refractivity contribution is -0.111. The SMILES string of the molecule is O=C(/C=C/c1ccc(F)cc1)Nc1ccc(-n2cncn2)cc1. The quantitative estimate of drug-likeness (QED) is 0.754. The van der Waals surface area contributed by atoms with Gasteiger partial charge in [-0.15, -0.1) is 0 Å². The molecule has 114 valence electrons. The second-order valence-corrected chi connectivity index (χ2v) is 4.76. The van der Waals surface area contributed by atoms with E-state index in [1.165, 1.54) is 24.5 Å². The average molecular weight is 308 g/mol. The summed E-state index contributed by atoms with van der Waals surface area (Å²) in [5.41, 5.74) is 2.27. The van der Waals surface area contributed by atoms with Crippen LogP contribution in [0.2, 0.25) is 0 Å². The molecule has 0 radical (unpaired) electrons. The van der Waals surface area contributed by atoms with E-state index in [1.807, 2.05) is 12.1 Å². The maximum atomic E-state index is 12.8. The molecule has 0 aliphatic carbocycles. The van der Waals surface area contributed by atoms with Crippen molar-refractivity contribution in [3.8, 4) is 5.69 Å². The number of anilines is 1. The average Bonchev–Trinajstić information content (AvgIpc) is 3.09. The number of nitrogens with one attached hydrogen (secondary N) is 1. The Kier molecular flexibility index (Phi) is 4.24. The molecule has 3 aromatic rings. The van der Waals surface area contributed by atoms with Crippen LogP contribution in [0.15, 0.2) is 67.3 Å². The highest BCUT2D eigenvalue weighted by Crippen LogP contribution is 2.12. The number of hydrogen-bond acceptors (Lipinski definition) is 3. The summed E-state index contributed by atoms with van der Waals surface area (Å²) in [4.78, 5) is 15.7. The predicted molar refractivity (Wildman–Crippen MR) is 85.4 cm³/mol. The molecule has 6 heteroatoms. The number of rotatable bonds is 4. The van der Waals surface area contributed by atoms with E-state index < -0.39 is 0 Å². The minimum Gasteiger partial charge on any atom is -0.323 e. The number of hydrogen-bond donors (Lipinski definition) is 1. The third kappa shape index (κ3) is 3.88. The lowest BCUT2D eigenvalue weighted by atomic mass is 10.2. The van der Waals surface area contributed by atoms with Crippen LogP contribution >= 0.6 is 0 Å². The zero-order chi connectivity index (χ0) is 16.1.